The number of nitrogens with two attached hydrogens (primary N) is 1. The van der Waals surface area contributed by atoms with E-state index in [2.05, 4.69) is 9.72 Å². The highest BCUT2D eigenvalue weighted by Gasteiger charge is 2.11. The summed E-state index contributed by atoms with van der Waals surface area (Å²) in [5.74, 6) is 0.391. The number of rotatable bonds is 5. The summed E-state index contributed by atoms with van der Waals surface area (Å²) in [6.45, 7) is 0.263. The predicted molar refractivity (Wildman–Crippen MR) is 77.3 cm³/mol. The summed E-state index contributed by atoms with van der Waals surface area (Å²) < 4.78 is 15.3. The number of nitrogens with zero attached hydrogens (tertiary/aromatic N) is 1. The summed E-state index contributed by atoms with van der Waals surface area (Å²) in [5.41, 5.74) is 7.19. The molecule has 0 fully saturated rings. The molecule has 0 saturated carbocycles. The van der Waals surface area contributed by atoms with E-state index in [9.17, 15) is 4.79 Å². The van der Waals surface area contributed by atoms with Crippen molar-refractivity contribution in [2.45, 2.75) is 6.61 Å². The quantitative estimate of drug-likeness (QED) is 0.848. The molecule has 6 nitrogen and oxygen atoms in total. The zero-order valence-electron chi connectivity index (χ0n) is 11.8. The Morgan fingerprint density at radius 3 is 2.76 bits per heavy atom. The maximum atomic E-state index is 11.4. The number of carbonyl (C=O) groups is 1. The summed E-state index contributed by atoms with van der Waals surface area (Å²) in [4.78, 5) is 15.5. The molecule has 21 heavy (non-hydrogen) atoms. The SMILES string of the molecule is COC(=O)c1ccc(N)c(OCc2cccc(OC)c2)n1. The largest absolute Gasteiger partial charge is 0.497 e. The first-order valence-electron chi connectivity index (χ1n) is 6.24. The zero-order chi connectivity index (χ0) is 15.2. The fourth-order valence-electron chi connectivity index (χ4n) is 1.70. The molecule has 0 aliphatic carbocycles. The highest BCUT2D eigenvalue weighted by Crippen LogP contribution is 2.21. The molecule has 2 aromatic rings. The van der Waals surface area contributed by atoms with Crippen molar-refractivity contribution in [3.05, 3.63) is 47.7 Å². The van der Waals surface area contributed by atoms with E-state index in [1.165, 1.54) is 13.2 Å². The van der Waals surface area contributed by atoms with Gasteiger partial charge < -0.3 is 19.9 Å². The average molecular weight is 288 g/mol. The number of hydrogen-bond donors (Lipinski definition) is 1. The fraction of sp³-hybridized carbons (Fsp3) is 0.200. The Morgan fingerprint density at radius 1 is 1.24 bits per heavy atom. The van der Waals surface area contributed by atoms with E-state index in [0.29, 0.717) is 5.69 Å². The number of pyridine rings is 1. The number of hydrogen-bond acceptors (Lipinski definition) is 6. The monoisotopic (exact) mass is 288 g/mol. The molecule has 1 aromatic heterocycles. The Labute approximate surface area is 122 Å². The van der Waals surface area contributed by atoms with Crippen LogP contribution >= 0.6 is 0 Å². The highest BCUT2D eigenvalue weighted by molar-refractivity contribution is 5.87. The normalized spacial score (nSPS) is 10.0. The van der Waals surface area contributed by atoms with Gasteiger partial charge in [0.1, 0.15) is 12.4 Å². The predicted octanol–water partition coefficient (Wildman–Crippen LogP) is 2.04. The lowest BCUT2D eigenvalue weighted by Gasteiger charge is -2.09. The average Bonchev–Trinajstić information content (AvgIpc) is 2.53. The Morgan fingerprint density at radius 2 is 2.05 bits per heavy atom. The third-order valence-corrected chi connectivity index (χ3v) is 2.79. The minimum atomic E-state index is -0.541. The third kappa shape index (κ3) is 3.62. The van der Waals surface area contributed by atoms with Crippen molar-refractivity contribution in [1.82, 2.24) is 4.98 Å². The van der Waals surface area contributed by atoms with Crippen LogP contribution in [0.3, 0.4) is 0 Å². The molecule has 0 aliphatic rings. The van der Waals surface area contributed by atoms with Crippen LogP contribution in [0.5, 0.6) is 11.6 Å². The molecule has 0 amide bonds. The van der Waals surface area contributed by atoms with E-state index in [0.717, 1.165) is 11.3 Å². The molecular weight excluding hydrogens is 272 g/mol. The van der Waals surface area contributed by atoms with Gasteiger partial charge in [0, 0.05) is 0 Å². The van der Waals surface area contributed by atoms with E-state index in [4.69, 9.17) is 15.2 Å². The number of carbonyl (C=O) groups excluding carboxylic acids is 1. The van der Waals surface area contributed by atoms with Crippen molar-refractivity contribution in [3.63, 3.8) is 0 Å². The molecule has 0 bridgehead atoms. The van der Waals surface area contributed by atoms with Crippen LogP contribution in [0.4, 0.5) is 5.69 Å². The van der Waals surface area contributed by atoms with Crippen molar-refractivity contribution in [2.24, 2.45) is 0 Å². The molecule has 0 aliphatic heterocycles. The number of methoxy groups -OCH3 is 2. The minimum Gasteiger partial charge on any atom is -0.497 e. The van der Waals surface area contributed by atoms with Gasteiger partial charge in [-0.05, 0) is 29.8 Å². The van der Waals surface area contributed by atoms with Gasteiger partial charge in [0.25, 0.3) is 0 Å². The van der Waals surface area contributed by atoms with Crippen LogP contribution in [0.15, 0.2) is 36.4 Å². The molecule has 110 valence electrons. The number of esters is 1. The summed E-state index contributed by atoms with van der Waals surface area (Å²) >= 11 is 0. The molecule has 0 unspecified atom stereocenters. The van der Waals surface area contributed by atoms with Crippen molar-refractivity contribution < 1.29 is 19.0 Å². The molecule has 2 N–H and O–H groups in total. The summed E-state index contributed by atoms with van der Waals surface area (Å²) in [6, 6.07) is 10.5. The molecular formula is C15H16N2O4. The van der Waals surface area contributed by atoms with Crippen LogP contribution in [0.1, 0.15) is 16.1 Å². The van der Waals surface area contributed by atoms with Gasteiger partial charge in [0.2, 0.25) is 5.88 Å². The maximum absolute atomic E-state index is 11.4. The van der Waals surface area contributed by atoms with Gasteiger partial charge in [-0.25, -0.2) is 9.78 Å². The zero-order valence-corrected chi connectivity index (χ0v) is 11.8. The number of benzene rings is 1. The van der Waals surface area contributed by atoms with Crippen LogP contribution < -0.4 is 15.2 Å². The first kappa shape index (κ1) is 14.6. The Balaban J connectivity index is 2.13. The Hall–Kier alpha value is -2.76. The summed E-state index contributed by atoms with van der Waals surface area (Å²) in [5, 5.41) is 0. The van der Waals surface area contributed by atoms with E-state index in [-0.39, 0.29) is 18.2 Å². The molecule has 0 radical (unpaired) electrons. The summed E-state index contributed by atoms with van der Waals surface area (Å²) in [6.07, 6.45) is 0. The summed E-state index contributed by atoms with van der Waals surface area (Å²) in [7, 11) is 2.89. The third-order valence-electron chi connectivity index (χ3n) is 2.79. The van der Waals surface area contributed by atoms with E-state index in [1.54, 1.807) is 13.2 Å². The van der Waals surface area contributed by atoms with Gasteiger partial charge in [0.05, 0.1) is 19.9 Å². The van der Waals surface area contributed by atoms with Gasteiger partial charge in [-0.3, -0.25) is 0 Å². The first-order chi connectivity index (χ1) is 10.1. The van der Waals surface area contributed by atoms with E-state index >= 15 is 0 Å². The molecule has 1 aromatic carbocycles. The molecule has 0 spiro atoms. The lowest BCUT2D eigenvalue weighted by atomic mass is 10.2. The Bertz CT molecular complexity index is 643. The highest BCUT2D eigenvalue weighted by atomic mass is 16.5. The van der Waals surface area contributed by atoms with Gasteiger partial charge in [-0.15, -0.1) is 0 Å². The number of nitrogen functional groups attached to an aromatic ring is 1. The number of anilines is 1. The van der Waals surface area contributed by atoms with Crippen molar-refractivity contribution in [2.75, 3.05) is 20.0 Å². The number of aromatic nitrogens is 1. The van der Waals surface area contributed by atoms with Crippen LogP contribution in [0.2, 0.25) is 0 Å². The maximum Gasteiger partial charge on any atom is 0.356 e. The molecule has 2 rings (SSSR count). The van der Waals surface area contributed by atoms with Crippen LogP contribution in [-0.4, -0.2) is 25.2 Å². The molecule has 6 heteroatoms. The number of ether oxygens (including phenoxy) is 3. The molecule has 0 atom stereocenters. The van der Waals surface area contributed by atoms with Crippen LogP contribution in [0, 0.1) is 0 Å². The lowest BCUT2D eigenvalue weighted by molar-refractivity contribution is 0.0592. The van der Waals surface area contributed by atoms with Crippen molar-refractivity contribution in [1.29, 1.82) is 0 Å². The van der Waals surface area contributed by atoms with Crippen LogP contribution in [-0.2, 0) is 11.3 Å². The molecule has 1 heterocycles. The second kappa shape index (κ2) is 6.60. The van der Waals surface area contributed by atoms with Gasteiger partial charge >= 0.3 is 5.97 Å². The standard InChI is InChI=1S/C15H16N2O4/c1-19-11-5-3-4-10(8-11)9-21-14-12(16)6-7-13(17-14)15(18)20-2/h3-8H,9,16H2,1-2H3. The van der Waals surface area contributed by atoms with Crippen molar-refractivity contribution in [3.8, 4) is 11.6 Å². The second-order valence-corrected chi connectivity index (χ2v) is 4.22. The fourth-order valence-corrected chi connectivity index (χ4v) is 1.70. The topological polar surface area (TPSA) is 83.7 Å². The van der Waals surface area contributed by atoms with Gasteiger partial charge in [-0.2, -0.15) is 0 Å². The second-order valence-electron chi connectivity index (χ2n) is 4.22. The van der Waals surface area contributed by atoms with Crippen LogP contribution in [0.25, 0.3) is 0 Å². The van der Waals surface area contributed by atoms with Crippen molar-refractivity contribution >= 4 is 11.7 Å². The lowest BCUT2D eigenvalue weighted by Crippen LogP contribution is -2.08. The van der Waals surface area contributed by atoms with E-state index in [1.807, 2.05) is 24.3 Å². The van der Waals surface area contributed by atoms with Gasteiger partial charge in [0.15, 0.2) is 5.69 Å². The smallest absolute Gasteiger partial charge is 0.356 e. The van der Waals surface area contributed by atoms with E-state index < -0.39 is 5.97 Å². The Kier molecular flexibility index (Phi) is 4.61. The molecule has 0 saturated heterocycles. The first-order valence-corrected chi connectivity index (χ1v) is 6.24. The van der Waals surface area contributed by atoms with Gasteiger partial charge in [-0.1, -0.05) is 12.1 Å². The minimum absolute atomic E-state index is 0.146.